The maximum absolute atomic E-state index is 13.1. The van der Waals surface area contributed by atoms with E-state index in [0.29, 0.717) is 38.6 Å². The van der Waals surface area contributed by atoms with Gasteiger partial charge < -0.3 is 39.7 Å². The lowest BCUT2D eigenvalue weighted by Crippen LogP contribution is -2.51. The van der Waals surface area contributed by atoms with Gasteiger partial charge in [-0.15, -0.1) is 0 Å². The van der Waals surface area contributed by atoms with Crippen molar-refractivity contribution in [2.24, 2.45) is 0 Å². The quantitative estimate of drug-likeness (QED) is 0.109. The molecule has 0 radical (unpaired) electrons. The van der Waals surface area contributed by atoms with E-state index in [-0.39, 0.29) is 23.4 Å². The van der Waals surface area contributed by atoms with Gasteiger partial charge in [0, 0.05) is 111 Å². The maximum Gasteiger partial charge on any atom is 0.306 e. The molecule has 278 valence electrons. The number of Topliss-reactive ketones (excluding diaryl/α,β-unsaturated/α-hetero) is 2. The molecule has 0 aromatic rings. The summed E-state index contributed by atoms with van der Waals surface area (Å²) in [6.45, 7) is 19.9. The fraction of sp³-hybridized carbons (Fsp3) is 0.889. The Morgan fingerprint density at radius 3 is 1.52 bits per heavy atom. The minimum atomic E-state index is -0.681. The zero-order valence-electron chi connectivity index (χ0n) is 31.2. The first-order chi connectivity index (χ1) is 23.0. The highest BCUT2D eigenvalue weighted by atomic mass is 16.5. The lowest BCUT2D eigenvalue weighted by Gasteiger charge is -2.35. The lowest BCUT2D eigenvalue weighted by atomic mass is 9.90. The van der Waals surface area contributed by atoms with Crippen molar-refractivity contribution < 1.29 is 28.7 Å². The number of nitrogens with zero attached hydrogens (tertiary/aromatic N) is 4. The van der Waals surface area contributed by atoms with E-state index in [9.17, 15) is 19.2 Å². The van der Waals surface area contributed by atoms with Gasteiger partial charge in [0.1, 0.15) is 5.60 Å². The molecule has 2 fully saturated rings. The minimum absolute atomic E-state index is 0.112. The van der Waals surface area contributed by atoms with Crippen molar-refractivity contribution >= 4 is 23.4 Å². The summed E-state index contributed by atoms with van der Waals surface area (Å²) < 4.78 is 10.2. The number of hydrogen-bond acceptors (Lipinski definition) is 11. The normalized spacial score (nSPS) is 19.4. The van der Waals surface area contributed by atoms with Gasteiger partial charge in [-0.25, -0.2) is 0 Å². The van der Waals surface area contributed by atoms with Gasteiger partial charge in [0.05, 0.1) is 19.1 Å². The number of esters is 1. The Kier molecular flexibility index (Phi) is 20.0. The molecule has 2 N–H and O–H groups in total. The van der Waals surface area contributed by atoms with Crippen LogP contribution in [0.2, 0.25) is 0 Å². The summed E-state index contributed by atoms with van der Waals surface area (Å²) in [6, 6.07) is 0. The average molecular weight is 681 g/mol. The summed E-state index contributed by atoms with van der Waals surface area (Å²) in [4.78, 5) is 58.7. The molecule has 0 saturated carbocycles. The maximum atomic E-state index is 13.1. The summed E-state index contributed by atoms with van der Waals surface area (Å²) >= 11 is 0. The molecular formula is C36H68N6O6. The third-order valence-corrected chi connectivity index (χ3v) is 10.7. The molecule has 0 spiro atoms. The molecule has 0 aromatic carbocycles. The number of unbranched alkanes of at least 4 members (excludes halogenated alkanes) is 3. The van der Waals surface area contributed by atoms with Crippen molar-refractivity contribution in [3.63, 3.8) is 0 Å². The Hall–Kier alpha value is -1.96. The van der Waals surface area contributed by atoms with Crippen molar-refractivity contribution in [1.82, 2.24) is 30.2 Å². The van der Waals surface area contributed by atoms with E-state index in [1.165, 1.54) is 7.11 Å². The molecule has 2 saturated heterocycles. The summed E-state index contributed by atoms with van der Waals surface area (Å²) in [6.07, 6.45) is 7.54. The van der Waals surface area contributed by atoms with Crippen LogP contribution in [0.3, 0.4) is 0 Å². The third kappa shape index (κ3) is 15.3. The Labute approximate surface area is 291 Å². The third-order valence-electron chi connectivity index (χ3n) is 10.7. The molecule has 12 nitrogen and oxygen atoms in total. The second kappa shape index (κ2) is 22.7. The van der Waals surface area contributed by atoms with Crippen LogP contribution in [0.4, 0.5) is 0 Å². The molecule has 2 heterocycles. The molecular weight excluding hydrogens is 612 g/mol. The SMILES string of the molecule is CCC(C)(NCCCCCCNC(=O)CCN1CCN(CCC(=O)C(C)(CC)OC)CC1)C(=O)CCN1CCN(CCC(=O)OC)CC1. The van der Waals surface area contributed by atoms with Gasteiger partial charge in [-0.2, -0.15) is 0 Å². The summed E-state index contributed by atoms with van der Waals surface area (Å²) in [5, 5.41) is 6.61. The molecule has 0 aromatic heterocycles. The van der Waals surface area contributed by atoms with E-state index < -0.39 is 11.1 Å². The fourth-order valence-corrected chi connectivity index (χ4v) is 6.30. The number of rotatable bonds is 25. The highest BCUT2D eigenvalue weighted by Crippen LogP contribution is 2.18. The number of piperazine rings is 2. The van der Waals surface area contributed by atoms with E-state index >= 15 is 0 Å². The lowest BCUT2D eigenvalue weighted by molar-refractivity contribution is -0.141. The molecule has 2 aliphatic heterocycles. The van der Waals surface area contributed by atoms with Crippen molar-refractivity contribution in [1.29, 1.82) is 0 Å². The van der Waals surface area contributed by atoms with Crippen LogP contribution in [0.1, 0.15) is 91.9 Å². The number of nitrogens with one attached hydrogen (secondary N) is 2. The molecule has 2 rings (SSSR count). The molecule has 2 atom stereocenters. The Morgan fingerprint density at radius 1 is 0.604 bits per heavy atom. The molecule has 2 unspecified atom stereocenters. The van der Waals surface area contributed by atoms with E-state index in [0.717, 1.165) is 117 Å². The smallest absolute Gasteiger partial charge is 0.306 e. The van der Waals surface area contributed by atoms with E-state index in [4.69, 9.17) is 9.47 Å². The van der Waals surface area contributed by atoms with Crippen molar-refractivity contribution in [2.75, 3.05) is 106 Å². The van der Waals surface area contributed by atoms with Crippen LogP contribution in [0.5, 0.6) is 0 Å². The molecule has 2 aliphatic rings. The Morgan fingerprint density at radius 2 is 1.06 bits per heavy atom. The molecule has 0 bridgehead atoms. The van der Waals surface area contributed by atoms with Crippen LogP contribution in [0, 0.1) is 0 Å². The molecule has 48 heavy (non-hydrogen) atoms. The Balaban J connectivity index is 1.48. The largest absolute Gasteiger partial charge is 0.469 e. The van der Waals surface area contributed by atoms with Gasteiger partial charge >= 0.3 is 5.97 Å². The fourth-order valence-electron chi connectivity index (χ4n) is 6.30. The van der Waals surface area contributed by atoms with Crippen LogP contribution in [-0.2, 0) is 28.7 Å². The van der Waals surface area contributed by atoms with Gasteiger partial charge in [-0.05, 0) is 46.1 Å². The topological polar surface area (TPSA) is 124 Å². The van der Waals surface area contributed by atoms with Crippen LogP contribution in [0.15, 0.2) is 0 Å². The second-order valence-electron chi connectivity index (χ2n) is 14.0. The van der Waals surface area contributed by atoms with E-state index in [1.807, 2.05) is 20.8 Å². The number of carbonyl (C=O) groups excluding carboxylic acids is 4. The van der Waals surface area contributed by atoms with Gasteiger partial charge in [-0.1, -0.05) is 26.7 Å². The first-order valence-corrected chi connectivity index (χ1v) is 18.6. The van der Waals surface area contributed by atoms with Gasteiger partial charge in [0.2, 0.25) is 5.91 Å². The zero-order valence-corrected chi connectivity index (χ0v) is 31.2. The monoisotopic (exact) mass is 681 g/mol. The number of ether oxygens (including phenoxy) is 2. The van der Waals surface area contributed by atoms with E-state index in [1.54, 1.807) is 7.11 Å². The first kappa shape index (κ1) is 42.2. The summed E-state index contributed by atoms with van der Waals surface area (Å²) in [7, 11) is 3.03. The zero-order chi connectivity index (χ0) is 35.4. The number of methoxy groups -OCH3 is 2. The summed E-state index contributed by atoms with van der Waals surface area (Å²) in [5.74, 6) is 0.383. The minimum Gasteiger partial charge on any atom is -0.469 e. The van der Waals surface area contributed by atoms with Crippen LogP contribution < -0.4 is 10.6 Å². The van der Waals surface area contributed by atoms with Crippen molar-refractivity contribution in [2.45, 2.75) is 103 Å². The van der Waals surface area contributed by atoms with Crippen molar-refractivity contribution in [3.8, 4) is 0 Å². The second-order valence-corrected chi connectivity index (χ2v) is 14.0. The Bertz CT molecular complexity index is 963. The van der Waals surface area contributed by atoms with Crippen LogP contribution in [0.25, 0.3) is 0 Å². The highest BCUT2D eigenvalue weighted by Gasteiger charge is 2.32. The number of ketones is 2. The number of carbonyl (C=O) groups is 4. The predicted octanol–water partition coefficient (Wildman–Crippen LogP) is 2.34. The van der Waals surface area contributed by atoms with E-state index in [2.05, 4.69) is 37.2 Å². The standard InChI is InChI=1S/C36H68N6O6/c1-7-35(3,31(43)13-19-39-25-29-42(30-26-39)22-16-34(46)47-5)38-18-12-10-9-11-17-37-33(45)15-21-41-27-23-40(24-28-41)20-14-32(44)36(4,8-2)48-6/h38H,7-30H2,1-6H3,(H,37,45). The number of hydrogen-bond donors (Lipinski definition) is 2. The van der Waals surface area contributed by atoms with Crippen molar-refractivity contribution in [3.05, 3.63) is 0 Å². The van der Waals surface area contributed by atoms with Crippen LogP contribution in [-0.4, -0.2) is 160 Å². The van der Waals surface area contributed by atoms with Crippen LogP contribution >= 0.6 is 0 Å². The van der Waals surface area contributed by atoms with Gasteiger partial charge in [0.15, 0.2) is 11.6 Å². The predicted molar refractivity (Wildman–Crippen MR) is 190 cm³/mol. The average Bonchev–Trinajstić information content (AvgIpc) is 3.12. The van der Waals surface area contributed by atoms with Gasteiger partial charge in [0.25, 0.3) is 0 Å². The first-order valence-electron chi connectivity index (χ1n) is 18.6. The van der Waals surface area contributed by atoms with Gasteiger partial charge in [-0.3, -0.25) is 19.2 Å². The molecule has 0 aliphatic carbocycles. The number of amides is 1. The molecule has 1 amide bonds. The highest BCUT2D eigenvalue weighted by molar-refractivity contribution is 5.88. The summed E-state index contributed by atoms with van der Waals surface area (Å²) in [5.41, 5.74) is -1.18. The molecule has 12 heteroatoms.